The third kappa shape index (κ3) is 2.46. The van der Waals surface area contributed by atoms with Gasteiger partial charge in [0.05, 0.1) is 13.2 Å². The van der Waals surface area contributed by atoms with Crippen molar-refractivity contribution in [2.45, 2.75) is 19.9 Å². The standard InChI is InChI=1S/C14H18N2O3/c1-10-4-6-12(7-5-10)16-11(2)13(17)15(14(16)18)8-9-19-3/h4-7,11H,8-9H2,1-3H3/t11-/m1/s1. The van der Waals surface area contributed by atoms with Crippen LogP contribution >= 0.6 is 0 Å². The van der Waals surface area contributed by atoms with Crippen LogP contribution in [0.5, 0.6) is 0 Å². The molecule has 1 aliphatic heterocycles. The summed E-state index contributed by atoms with van der Waals surface area (Å²) in [6.45, 7) is 4.37. The molecule has 19 heavy (non-hydrogen) atoms. The molecule has 0 saturated carbocycles. The summed E-state index contributed by atoms with van der Waals surface area (Å²) in [5.74, 6) is -0.178. The zero-order valence-corrected chi connectivity index (χ0v) is 11.4. The average molecular weight is 262 g/mol. The van der Waals surface area contributed by atoms with Crippen LogP contribution in [0.1, 0.15) is 12.5 Å². The first-order chi connectivity index (χ1) is 9.06. The van der Waals surface area contributed by atoms with Crippen LogP contribution in [0.25, 0.3) is 0 Å². The number of hydrogen-bond donors (Lipinski definition) is 0. The van der Waals surface area contributed by atoms with Crippen molar-refractivity contribution in [3.63, 3.8) is 0 Å². The molecule has 2 rings (SSSR count). The fraction of sp³-hybridized carbons (Fsp3) is 0.429. The number of hydrogen-bond acceptors (Lipinski definition) is 3. The number of urea groups is 1. The van der Waals surface area contributed by atoms with Crippen LogP contribution in [0.2, 0.25) is 0 Å². The van der Waals surface area contributed by atoms with E-state index in [4.69, 9.17) is 4.74 Å². The van der Waals surface area contributed by atoms with E-state index in [0.717, 1.165) is 11.3 Å². The molecule has 0 aromatic heterocycles. The van der Waals surface area contributed by atoms with Gasteiger partial charge in [-0.25, -0.2) is 4.79 Å². The number of imide groups is 1. The van der Waals surface area contributed by atoms with Gasteiger partial charge in [0.15, 0.2) is 0 Å². The first-order valence-electron chi connectivity index (χ1n) is 6.26. The predicted molar refractivity (Wildman–Crippen MR) is 72.1 cm³/mol. The summed E-state index contributed by atoms with van der Waals surface area (Å²) in [6.07, 6.45) is 0. The maximum absolute atomic E-state index is 12.3. The van der Waals surface area contributed by atoms with E-state index in [-0.39, 0.29) is 11.9 Å². The minimum atomic E-state index is -0.466. The topological polar surface area (TPSA) is 49.9 Å². The van der Waals surface area contributed by atoms with Crippen LogP contribution < -0.4 is 4.90 Å². The van der Waals surface area contributed by atoms with Gasteiger partial charge in [0, 0.05) is 12.8 Å². The molecule has 1 fully saturated rings. The summed E-state index contributed by atoms with van der Waals surface area (Å²) in [4.78, 5) is 27.1. The Hall–Kier alpha value is -1.88. The molecule has 1 aromatic carbocycles. The van der Waals surface area contributed by atoms with E-state index < -0.39 is 6.04 Å². The highest BCUT2D eigenvalue weighted by molar-refractivity contribution is 6.14. The molecular formula is C14H18N2O3. The van der Waals surface area contributed by atoms with E-state index in [1.54, 1.807) is 14.0 Å². The molecule has 3 amide bonds. The molecular weight excluding hydrogens is 244 g/mol. The molecule has 0 aliphatic carbocycles. The molecule has 0 spiro atoms. The number of ether oxygens (including phenoxy) is 1. The van der Waals surface area contributed by atoms with Gasteiger partial charge in [-0.1, -0.05) is 17.7 Å². The molecule has 0 unspecified atom stereocenters. The highest BCUT2D eigenvalue weighted by Gasteiger charge is 2.42. The highest BCUT2D eigenvalue weighted by atomic mass is 16.5. The maximum Gasteiger partial charge on any atom is 0.332 e. The van der Waals surface area contributed by atoms with Crippen molar-refractivity contribution in [3.8, 4) is 0 Å². The third-order valence-electron chi connectivity index (χ3n) is 3.28. The van der Waals surface area contributed by atoms with Gasteiger partial charge in [0.1, 0.15) is 6.04 Å². The fourth-order valence-electron chi connectivity index (χ4n) is 2.15. The van der Waals surface area contributed by atoms with Crippen LogP contribution in [0.15, 0.2) is 24.3 Å². The quantitative estimate of drug-likeness (QED) is 0.777. The van der Waals surface area contributed by atoms with Crippen molar-refractivity contribution >= 4 is 17.6 Å². The van der Waals surface area contributed by atoms with Crippen LogP contribution in [-0.2, 0) is 9.53 Å². The van der Waals surface area contributed by atoms with Gasteiger partial charge in [0.2, 0.25) is 0 Å². The summed E-state index contributed by atoms with van der Waals surface area (Å²) in [5, 5.41) is 0. The Bertz CT molecular complexity index is 484. The predicted octanol–water partition coefficient (Wildman–Crippen LogP) is 1.80. The summed E-state index contributed by atoms with van der Waals surface area (Å²) in [7, 11) is 1.55. The van der Waals surface area contributed by atoms with Crippen LogP contribution in [-0.4, -0.2) is 43.1 Å². The Morgan fingerprint density at radius 1 is 1.21 bits per heavy atom. The number of rotatable bonds is 4. The van der Waals surface area contributed by atoms with E-state index in [1.165, 1.54) is 9.80 Å². The SMILES string of the molecule is COCCN1C(=O)[C@@H](C)N(c2ccc(C)cc2)C1=O. The number of methoxy groups -OCH3 is 1. The number of carbonyl (C=O) groups is 2. The summed E-state index contributed by atoms with van der Waals surface area (Å²) >= 11 is 0. The minimum Gasteiger partial charge on any atom is -0.383 e. The summed E-state index contributed by atoms with van der Waals surface area (Å²) in [6, 6.07) is 6.83. The van der Waals surface area contributed by atoms with Gasteiger partial charge in [0.25, 0.3) is 5.91 Å². The van der Waals surface area contributed by atoms with Gasteiger partial charge < -0.3 is 4.74 Å². The zero-order chi connectivity index (χ0) is 14.0. The molecule has 1 heterocycles. The monoisotopic (exact) mass is 262 g/mol. The van der Waals surface area contributed by atoms with Crippen molar-refractivity contribution in [2.75, 3.05) is 25.2 Å². The molecule has 102 valence electrons. The van der Waals surface area contributed by atoms with Gasteiger partial charge in [-0.3, -0.25) is 14.6 Å². The lowest BCUT2D eigenvalue weighted by molar-refractivity contribution is -0.127. The average Bonchev–Trinajstić information content (AvgIpc) is 2.60. The van der Waals surface area contributed by atoms with E-state index in [0.29, 0.717) is 13.2 Å². The molecule has 5 heteroatoms. The zero-order valence-electron chi connectivity index (χ0n) is 11.4. The van der Waals surface area contributed by atoms with E-state index in [1.807, 2.05) is 31.2 Å². The third-order valence-corrected chi connectivity index (χ3v) is 3.28. The lowest BCUT2D eigenvalue weighted by atomic mass is 10.2. The second-order valence-electron chi connectivity index (χ2n) is 4.65. The Morgan fingerprint density at radius 2 is 1.84 bits per heavy atom. The van der Waals surface area contributed by atoms with Gasteiger partial charge in [-0.05, 0) is 26.0 Å². The summed E-state index contributed by atoms with van der Waals surface area (Å²) in [5.41, 5.74) is 1.86. The minimum absolute atomic E-state index is 0.178. The Balaban J connectivity index is 2.24. The van der Waals surface area contributed by atoms with Crippen LogP contribution in [0.4, 0.5) is 10.5 Å². The fourth-order valence-corrected chi connectivity index (χ4v) is 2.15. The second-order valence-corrected chi connectivity index (χ2v) is 4.65. The first-order valence-corrected chi connectivity index (χ1v) is 6.26. The van der Waals surface area contributed by atoms with Crippen molar-refractivity contribution in [1.82, 2.24) is 4.90 Å². The van der Waals surface area contributed by atoms with E-state index >= 15 is 0 Å². The molecule has 1 atom stereocenters. The summed E-state index contributed by atoms with van der Waals surface area (Å²) < 4.78 is 4.93. The van der Waals surface area contributed by atoms with Crippen molar-refractivity contribution in [3.05, 3.63) is 29.8 Å². The Labute approximate surface area is 112 Å². The van der Waals surface area contributed by atoms with Gasteiger partial charge in [-0.15, -0.1) is 0 Å². The Morgan fingerprint density at radius 3 is 2.42 bits per heavy atom. The molecule has 1 saturated heterocycles. The molecule has 1 aromatic rings. The molecule has 0 radical (unpaired) electrons. The normalized spacial score (nSPS) is 19.4. The molecule has 0 bridgehead atoms. The van der Waals surface area contributed by atoms with E-state index in [9.17, 15) is 9.59 Å². The number of anilines is 1. The van der Waals surface area contributed by atoms with Crippen LogP contribution in [0.3, 0.4) is 0 Å². The van der Waals surface area contributed by atoms with Gasteiger partial charge in [-0.2, -0.15) is 0 Å². The maximum atomic E-state index is 12.3. The van der Waals surface area contributed by atoms with Crippen LogP contribution in [0, 0.1) is 6.92 Å². The number of aryl methyl sites for hydroxylation is 1. The lowest BCUT2D eigenvalue weighted by Gasteiger charge is -2.19. The van der Waals surface area contributed by atoms with Crippen molar-refractivity contribution < 1.29 is 14.3 Å². The largest absolute Gasteiger partial charge is 0.383 e. The number of benzene rings is 1. The van der Waals surface area contributed by atoms with Crippen molar-refractivity contribution in [1.29, 1.82) is 0 Å². The highest BCUT2D eigenvalue weighted by Crippen LogP contribution is 2.25. The second kappa shape index (κ2) is 5.40. The first kappa shape index (κ1) is 13.5. The van der Waals surface area contributed by atoms with Gasteiger partial charge >= 0.3 is 6.03 Å². The van der Waals surface area contributed by atoms with Crippen molar-refractivity contribution in [2.24, 2.45) is 0 Å². The molecule has 1 aliphatic rings. The Kier molecular flexibility index (Phi) is 3.85. The number of amides is 3. The molecule has 5 nitrogen and oxygen atoms in total. The lowest BCUT2D eigenvalue weighted by Crippen LogP contribution is -2.35. The smallest absolute Gasteiger partial charge is 0.332 e. The van der Waals surface area contributed by atoms with E-state index in [2.05, 4.69) is 0 Å². The number of carbonyl (C=O) groups excluding carboxylic acids is 2. The number of nitrogens with zero attached hydrogens (tertiary/aromatic N) is 2. The molecule has 0 N–H and O–H groups in total.